The molecule has 65 heavy (non-hydrogen) atoms. The Bertz CT molecular complexity index is 1590. The van der Waals surface area contributed by atoms with Crippen molar-refractivity contribution < 1.29 is 71.8 Å². The molecule has 0 aromatic rings. The second kappa shape index (κ2) is 42.1. The van der Waals surface area contributed by atoms with Gasteiger partial charge in [0.2, 0.25) is 0 Å². The molecule has 0 aliphatic rings. The third-order valence-electron chi connectivity index (χ3n) is 8.85. The summed E-state index contributed by atoms with van der Waals surface area (Å²) in [6.45, 7) is 1.19. The summed E-state index contributed by atoms with van der Waals surface area (Å²) in [5, 5.41) is 30.5. The standard InChI is InChI=1S/C48H78O15P2/c1-3-5-7-9-11-13-15-17-18-19-20-21-22-23-25-27-29-31-33-37-48(53)63-44(42-62-65(57,58)61-40-43(49)39-60-64(54,55)56)41-59-47(52)38-34-36-46(51)45(50)35-32-30-28-26-24-16-14-12-10-8-6-4-2/h5,7,11-14,17-18,20-21,23-26,29-32,43-46,49-51H,3-4,6,8-10,15-16,19,22,27-28,33-42H2,1-2H3,(H,57,58)(H2,54,55,56)/b7-5-,13-11-,14-12-,18-17-,21-20-,25-23-,26-24-,31-29-,32-30-/t43-,44+,45?,46?/m0/s1. The van der Waals surface area contributed by atoms with Crippen LogP contribution >= 0.6 is 15.6 Å². The number of unbranched alkanes of at least 4 members (excludes halogenated alkanes) is 3. The van der Waals surface area contributed by atoms with Crippen LogP contribution in [0.3, 0.4) is 0 Å². The minimum atomic E-state index is -4.91. The quantitative estimate of drug-likeness (QED) is 0.0145. The molecule has 0 aromatic heterocycles. The number of aliphatic hydroxyl groups is 3. The van der Waals surface area contributed by atoms with Gasteiger partial charge in [-0.2, -0.15) is 0 Å². The summed E-state index contributed by atoms with van der Waals surface area (Å²) >= 11 is 0. The number of carbonyl (C=O) groups excluding carboxylic acids is 2. The number of hydrogen-bond acceptors (Lipinski definition) is 12. The average Bonchev–Trinajstić information content (AvgIpc) is 3.26. The first-order chi connectivity index (χ1) is 31.2. The number of esters is 2. The summed E-state index contributed by atoms with van der Waals surface area (Å²) in [6, 6.07) is 0. The molecule has 0 radical (unpaired) electrons. The summed E-state index contributed by atoms with van der Waals surface area (Å²) in [7, 11) is -9.81. The molecule has 0 aromatic carbocycles. The van der Waals surface area contributed by atoms with Crippen LogP contribution in [0, 0.1) is 0 Å². The number of phosphoric acid groups is 2. The van der Waals surface area contributed by atoms with Crippen molar-refractivity contribution in [3.05, 3.63) is 109 Å². The Balaban J connectivity index is 4.86. The maximum atomic E-state index is 12.7. The minimum absolute atomic E-state index is 0.0609. The Labute approximate surface area is 387 Å². The van der Waals surface area contributed by atoms with Gasteiger partial charge in [0, 0.05) is 12.8 Å². The smallest absolute Gasteiger partial charge is 0.462 e. The van der Waals surface area contributed by atoms with Crippen LogP contribution in [0.25, 0.3) is 0 Å². The summed E-state index contributed by atoms with van der Waals surface area (Å²) in [6.07, 6.45) is 44.1. The lowest BCUT2D eigenvalue weighted by Crippen LogP contribution is -2.30. The first-order valence-corrected chi connectivity index (χ1v) is 25.8. The molecule has 0 heterocycles. The molecule has 0 aliphatic heterocycles. The van der Waals surface area contributed by atoms with Crippen LogP contribution in [0.1, 0.15) is 129 Å². The average molecular weight is 957 g/mol. The predicted octanol–water partition coefficient (Wildman–Crippen LogP) is 9.83. The molecule has 3 unspecified atom stereocenters. The molecular formula is C48H78O15P2. The third-order valence-corrected chi connectivity index (χ3v) is 10.3. The molecule has 0 fully saturated rings. The zero-order valence-electron chi connectivity index (χ0n) is 38.5. The molecule has 17 heteroatoms. The second-order valence-corrected chi connectivity index (χ2v) is 17.6. The van der Waals surface area contributed by atoms with E-state index in [4.69, 9.17) is 23.8 Å². The highest BCUT2D eigenvalue weighted by Crippen LogP contribution is 2.43. The van der Waals surface area contributed by atoms with Crippen molar-refractivity contribution in [3.8, 4) is 0 Å². The van der Waals surface area contributed by atoms with E-state index in [2.05, 4.69) is 89.7 Å². The predicted molar refractivity (Wildman–Crippen MR) is 255 cm³/mol. The number of phosphoric ester groups is 2. The van der Waals surface area contributed by atoms with Crippen LogP contribution < -0.4 is 0 Å². The van der Waals surface area contributed by atoms with Crippen molar-refractivity contribution >= 4 is 27.6 Å². The molecule has 0 saturated heterocycles. The van der Waals surface area contributed by atoms with Gasteiger partial charge in [-0.3, -0.25) is 23.2 Å². The van der Waals surface area contributed by atoms with E-state index in [0.29, 0.717) is 19.3 Å². The minimum Gasteiger partial charge on any atom is -0.462 e. The van der Waals surface area contributed by atoms with E-state index in [1.165, 1.54) is 19.3 Å². The number of ether oxygens (including phenoxy) is 2. The van der Waals surface area contributed by atoms with E-state index in [9.17, 15) is 38.9 Å². The maximum Gasteiger partial charge on any atom is 0.472 e. The Morgan fingerprint density at radius 3 is 1.51 bits per heavy atom. The lowest BCUT2D eigenvalue weighted by Gasteiger charge is -2.20. The molecule has 5 atom stereocenters. The molecule has 0 amide bonds. The van der Waals surface area contributed by atoms with Crippen LogP contribution in [-0.4, -0.2) is 92.8 Å². The van der Waals surface area contributed by atoms with Gasteiger partial charge < -0.3 is 39.5 Å². The number of carbonyl (C=O) groups is 2. The maximum absolute atomic E-state index is 12.7. The van der Waals surface area contributed by atoms with Crippen LogP contribution in [0.4, 0.5) is 0 Å². The van der Waals surface area contributed by atoms with Gasteiger partial charge in [0.25, 0.3) is 0 Å². The fraction of sp³-hybridized carbons (Fsp3) is 0.583. The van der Waals surface area contributed by atoms with Crippen molar-refractivity contribution in [1.82, 2.24) is 0 Å². The van der Waals surface area contributed by atoms with Gasteiger partial charge in [0.05, 0.1) is 32.0 Å². The van der Waals surface area contributed by atoms with E-state index >= 15 is 0 Å². The topological polar surface area (TPSA) is 236 Å². The molecule has 0 saturated carbocycles. The van der Waals surface area contributed by atoms with E-state index in [1.54, 1.807) is 12.2 Å². The summed E-state index contributed by atoms with van der Waals surface area (Å²) < 4.78 is 47.5. The number of aliphatic hydroxyl groups excluding tert-OH is 3. The number of allylic oxidation sites excluding steroid dienone is 17. The van der Waals surface area contributed by atoms with Gasteiger partial charge >= 0.3 is 27.6 Å². The highest BCUT2D eigenvalue weighted by atomic mass is 31.2. The fourth-order valence-corrected chi connectivity index (χ4v) is 6.45. The SMILES string of the molecule is CC/C=C\C/C=C\C/C=C\C/C=C\C/C=C\C/C=C\CCC(=O)O[C@H](COC(=O)CCCC(O)C(O)C/C=C\C/C=C\C/C=C\CCCCC)COP(=O)(O)OC[C@@H](O)COP(=O)(O)O. The Kier molecular flexibility index (Phi) is 39.9. The highest BCUT2D eigenvalue weighted by molar-refractivity contribution is 7.47. The summed E-state index contributed by atoms with van der Waals surface area (Å²) in [4.78, 5) is 52.8. The molecule has 0 bridgehead atoms. The van der Waals surface area contributed by atoms with E-state index < -0.39 is 78.4 Å². The highest BCUT2D eigenvalue weighted by Gasteiger charge is 2.28. The van der Waals surface area contributed by atoms with Crippen molar-refractivity contribution in [2.75, 3.05) is 26.4 Å². The summed E-state index contributed by atoms with van der Waals surface area (Å²) in [5.41, 5.74) is 0. The van der Waals surface area contributed by atoms with Crippen molar-refractivity contribution in [1.29, 1.82) is 0 Å². The fourth-order valence-electron chi connectivity index (χ4n) is 5.30. The third kappa shape index (κ3) is 44.3. The van der Waals surface area contributed by atoms with E-state index in [1.807, 2.05) is 30.4 Å². The lowest BCUT2D eigenvalue weighted by molar-refractivity contribution is -0.161. The molecule has 370 valence electrons. The molecule has 0 spiro atoms. The second-order valence-electron chi connectivity index (χ2n) is 14.9. The molecular weight excluding hydrogens is 878 g/mol. The van der Waals surface area contributed by atoms with E-state index in [-0.39, 0.29) is 32.1 Å². The summed E-state index contributed by atoms with van der Waals surface area (Å²) in [5.74, 6) is -1.43. The molecule has 6 N–H and O–H groups in total. The first kappa shape index (κ1) is 61.7. The van der Waals surface area contributed by atoms with Gasteiger partial charge in [-0.15, -0.1) is 0 Å². The van der Waals surface area contributed by atoms with Crippen molar-refractivity contribution in [2.24, 2.45) is 0 Å². The van der Waals surface area contributed by atoms with E-state index in [0.717, 1.165) is 44.9 Å². The monoisotopic (exact) mass is 956 g/mol. The number of rotatable bonds is 41. The lowest BCUT2D eigenvalue weighted by atomic mass is 10.0. The van der Waals surface area contributed by atoms with Crippen LogP contribution in [0.5, 0.6) is 0 Å². The molecule has 0 aliphatic carbocycles. The molecule has 0 rings (SSSR count). The largest absolute Gasteiger partial charge is 0.472 e. The van der Waals surface area contributed by atoms with Crippen LogP contribution in [-0.2, 0) is 41.8 Å². The Hall–Kier alpha value is -3.30. The normalized spacial score (nSPS) is 15.9. The zero-order chi connectivity index (χ0) is 48.3. The van der Waals surface area contributed by atoms with Gasteiger partial charge in [-0.25, -0.2) is 9.13 Å². The van der Waals surface area contributed by atoms with Gasteiger partial charge in [0.15, 0.2) is 6.10 Å². The van der Waals surface area contributed by atoms with Gasteiger partial charge in [0.1, 0.15) is 12.7 Å². The zero-order valence-corrected chi connectivity index (χ0v) is 40.3. The van der Waals surface area contributed by atoms with Crippen LogP contribution in [0.2, 0.25) is 0 Å². The Morgan fingerprint density at radius 2 is 0.985 bits per heavy atom. The van der Waals surface area contributed by atoms with Gasteiger partial charge in [-0.05, 0) is 89.9 Å². The van der Waals surface area contributed by atoms with Crippen molar-refractivity contribution in [2.45, 2.75) is 154 Å². The first-order valence-electron chi connectivity index (χ1n) is 22.7. The number of hydrogen-bond donors (Lipinski definition) is 6. The molecule has 15 nitrogen and oxygen atoms in total. The van der Waals surface area contributed by atoms with Crippen molar-refractivity contribution in [3.63, 3.8) is 0 Å². The van der Waals surface area contributed by atoms with Gasteiger partial charge in [-0.1, -0.05) is 136 Å². The Morgan fingerprint density at radius 1 is 0.508 bits per heavy atom. The van der Waals surface area contributed by atoms with Crippen LogP contribution in [0.15, 0.2) is 109 Å².